The second-order valence-corrected chi connectivity index (χ2v) is 2.54. The number of amides is 1. The molecule has 1 aliphatic heterocycles. The van der Waals surface area contributed by atoms with E-state index >= 15 is 0 Å². The Morgan fingerprint density at radius 2 is 2.58 bits per heavy atom. The minimum atomic E-state index is -0.494. The predicted octanol–water partition coefficient (Wildman–Crippen LogP) is -0.876. The van der Waals surface area contributed by atoms with Crippen LogP contribution in [-0.2, 0) is 14.4 Å². The first-order chi connectivity index (χ1) is 5.75. The summed E-state index contributed by atoms with van der Waals surface area (Å²) in [6.45, 7) is 3.78. The van der Waals surface area contributed by atoms with Gasteiger partial charge in [-0.25, -0.2) is 5.06 Å². The molecule has 1 fully saturated rings. The lowest BCUT2D eigenvalue weighted by atomic mass is 10.3. The first-order valence-corrected chi connectivity index (χ1v) is 4.03. The molecule has 5 heteroatoms. The lowest BCUT2D eigenvalue weighted by Gasteiger charge is -2.13. The van der Waals surface area contributed by atoms with Crippen LogP contribution >= 0.6 is 0 Å². The van der Waals surface area contributed by atoms with Crippen LogP contribution in [0.2, 0.25) is 0 Å². The van der Waals surface area contributed by atoms with Gasteiger partial charge in [-0.15, -0.1) is 0 Å². The van der Waals surface area contributed by atoms with E-state index in [1.165, 1.54) is 5.06 Å². The van der Waals surface area contributed by atoms with Crippen molar-refractivity contribution in [2.75, 3.05) is 26.4 Å². The molecule has 1 aliphatic rings. The largest absolute Gasteiger partial charge is 0.380 e. The van der Waals surface area contributed by atoms with Gasteiger partial charge in [0.2, 0.25) is 0 Å². The summed E-state index contributed by atoms with van der Waals surface area (Å²) in [5.74, 6) is -0.158. The Morgan fingerprint density at radius 1 is 1.83 bits per heavy atom. The predicted molar refractivity (Wildman–Crippen MR) is 42.1 cm³/mol. The Bertz CT molecular complexity index is 163. The average Bonchev–Trinajstić information content (AvgIpc) is 2.36. The topological polar surface area (TPSA) is 64.8 Å². The standard InChI is InChI=1S/C7H14N2O3/c1-2-11-4-3-9-7(10)6(8)5-12-9/h6H,2-5,8H2,1H3. The van der Waals surface area contributed by atoms with Crippen LogP contribution in [0.1, 0.15) is 6.92 Å². The van der Waals surface area contributed by atoms with E-state index in [0.717, 1.165) is 0 Å². The molecule has 1 unspecified atom stereocenters. The Labute approximate surface area is 71.4 Å². The molecule has 0 aromatic heterocycles. The molecule has 0 aromatic carbocycles. The number of nitrogens with zero attached hydrogens (tertiary/aromatic N) is 1. The zero-order valence-corrected chi connectivity index (χ0v) is 7.16. The molecule has 1 saturated heterocycles. The van der Waals surface area contributed by atoms with E-state index < -0.39 is 6.04 Å². The van der Waals surface area contributed by atoms with Crippen molar-refractivity contribution in [2.24, 2.45) is 5.73 Å². The van der Waals surface area contributed by atoms with Gasteiger partial charge >= 0.3 is 0 Å². The fraction of sp³-hybridized carbons (Fsp3) is 0.857. The van der Waals surface area contributed by atoms with E-state index in [-0.39, 0.29) is 12.5 Å². The molecule has 0 saturated carbocycles. The molecule has 0 aromatic rings. The molecule has 1 amide bonds. The third-order valence-corrected chi connectivity index (χ3v) is 1.62. The Hall–Kier alpha value is -0.650. The molecule has 1 heterocycles. The second-order valence-electron chi connectivity index (χ2n) is 2.54. The van der Waals surface area contributed by atoms with E-state index in [9.17, 15) is 4.79 Å². The average molecular weight is 174 g/mol. The van der Waals surface area contributed by atoms with Gasteiger partial charge in [-0.3, -0.25) is 9.63 Å². The van der Waals surface area contributed by atoms with Crippen LogP contribution in [0.5, 0.6) is 0 Å². The van der Waals surface area contributed by atoms with Gasteiger partial charge in [0.05, 0.1) is 19.8 Å². The maximum Gasteiger partial charge on any atom is 0.265 e. The molecular weight excluding hydrogens is 160 g/mol. The van der Waals surface area contributed by atoms with Crippen molar-refractivity contribution in [3.63, 3.8) is 0 Å². The number of carbonyl (C=O) groups is 1. The van der Waals surface area contributed by atoms with Crippen LogP contribution < -0.4 is 5.73 Å². The van der Waals surface area contributed by atoms with E-state index in [1.807, 2.05) is 6.92 Å². The van der Waals surface area contributed by atoms with Gasteiger partial charge in [0.25, 0.3) is 5.91 Å². The minimum absolute atomic E-state index is 0.158. The maximum atomic E-state index is 11.1. The highest BCUT2D eigenvalue weighted by Gasteiger charge is 2.29. The van der Waals surface area contributed by atoms with Crippen LogP contribution in [0.3, 0.4) is 0 Å². The molecule has 0 bridgehead atoms. The van der Waals surface area contributed by atoms with Crippen LogP contribution in [-0.4, -0.2) is 43.4 Å². The van der Waals surface area contributed by atoms with Gasteiger partial charge in [0.15, 0.2) is 0 Å². The number of hydrogen-bond acceptors (Lipinski definition) is 4. The van der Waals surface area contributed by atoms with Gasteiger partial charge in [0.1, 0.15) is 6.04 Å². The number of carbonyl (C=O) groups excluding carboxylic acids is 1. The normalized spacial score (nSPS) is 23.7. The van der Waals surface area contributed by atoms with Gasteiger partial charge in [-0.2, -0.15) is 0 Å². The summed E-state index contributed by atoms with van der Waals surface area (Å²) in [6, 6.07) is -0.494. The first-order valence-electron chi connectivity index (χ1n) is 4.03. The lowest BCUT2D eigenvalue weighted by molar-refractivity contribution is -0.164. The van der Waals surface area contributed by atoms with Crippen LogP contribution in [0.4, 0.5) is 0 Å². The van der Waals surface area contributed by atoms with Crippen LogP contribution in [0, 0.1) is 0 Å². The van der Waals surface area contributed by atoms with Crippen molar-refractivity contribution < 1.29 is 14.4 Å². The maximum absolute atomic E-state index is 11.1. The summed E-state index contributed by atoms with van der Waals surface area (Å²) < 4.78 is 5.06. The summed E-state index contributed by atoms with van der Waals surface area (Å²) >= 11 is 0. The number of hydrogen-bond donors (Lipinski definition) is 1. The van der Waals surface area contributed by atoms with Gasteiger partial charge < -0.3 is 10.5 Å². The highest BCUT2D eigenvalue weighted by atomic mass is 16.7. The third kappa shape index (κ3) is 2.17. The minimum Gasteiger partial charge on any atom is -0.380 e. The van der Waals surface area contributed by atoms with Gasteiger partial charge in [-0.05, 0) is 6.92 Å². The summed E-state index contributed by atoms with van der Waals surface area (Å²) in [6.07, 6.45) is 0. The van der Waals surface area contributed by atoms with Crippen LogP contribution in [0.15, 0.2) is 0 Å². The highest BCUT2D eigenvalue weighted by Crippen LogP contribution is 2.04. The monoisotopic (exact) mass is 174 g/mol. The van der Waals surface area contributed by atoms with Crippen molar-refractivity contribution in [2.45, 2.75) is 13.0 Å². The van der Waals surface area contributed by atoms with E-state index in [0.29, 0.717) is 19.8 Å². The van der Waals surface area contributed by atoms with Crippen LogP contribution in [0.25, 0.3) is 0 Å². The Balaban J connectivity index is 2.20. The molecule has 2 N–H and O–H groups in total. The Kier molecular flexibility index (Phi) is 3.46. The molecule has 12 heavy (non-hydrogen) atoms. The lowest BCUT2D eigenvalue weighted by Crippen LogP contribution is -2.36. The first kappa shape index (κ1) is 9.44. The number of rotatable bonds is 4. The molecular formula is C7H14N2O3. The smallest absolute Gasteiger partial charge is 0.265 e. The quantitative estimate of drug-likeness (QED) is 0.562. The van der Waals surface area contributed by atoms with Crippen molar-refractivity contribution >= 4 is 5.91 Å². The summed E-state index contributed by atoms with van der Waals surface area (Å²) in [5.41, 5.74) is 5.42. The molecule has 1 rings (SSSR count). The van der Waals surface area contributed by atoms with E-state index in [2.05, 4.69) is 0 Å². The molecule has 0 aliphatic carbocycles. The van der Waals surface area contributed by atoms with Crippen molar-refractivity contribution in [1.82, 2.24) is 5.06 Å². The van der Waals surface area contributed by atoms with Crippen molar-refractivity contribution in [1.29, 1.82) is 0 Å². The summed E-state index contributed by atoms with van der Waals surface area (Å²) in [7, 11) is 0. The van der Waals surface area contributed by atoms with Gasteiger partial charge in [0, 0.05) is 6.61 Å². The molecule has 0 radical (unpaired) electrons. The summed E-state index contributed by atoms with van der Waals surface area (Å²) in [4.78, 5) is 16.1. The summed E-state index contributed by atoms with van der Waals surface area (Å²) in [5, 5.41) is 1.26. The fourth-order valence-corrected chi connectivity index (χ4v) is 0.957. The zero-order valence-electron chi connectivity index (χ0n) is 7.16. The third-order valence-electron chi connectivity index (χ3n) is 1.62. The van der Waals surface area contributed by atoms with Crippen molar-refractivity contribution in [3.8, 4) is 0 Å². The fourth-order valence-electron chi connectivity index (χ4n) is 0.957. The number of hydroxylamine groups is 2. The Morgan fingerprint density at radius 3 is 3.08 bits per heavy atom. The molecule has 0 spiro atoms. The highest BCUT2D eigenvalue weighted by molar-refractivity contribution is 5.82. The van der Waals surface area contributed by atoms with E-state index in [4.69, 9.17) is 15.3 Å². The van der Waals surface area contributed by atoms with Crippen molar-refractivity contribution in [3.05, 3.63) is 0 Å². The van der Waals surface area contributed by atoms with E-state index in [1.54, 1.807) is 0 Å². The molecule has 5 nitrogen and oxygen atoms in total. The second kappa shape index (κ2) is 4.39. The van der Waals surface area contributed by atoms with Gasteiger partial charge in [-0.1, -0.05) is 0 Å². The number of ether oxygens (including phenoxy) is 1. The molecule has 70 valence electrons. The zero-order chi connectivity index (χ0) is 8.97. The number of nitrogens with two attached hydrogens (primary N) is 1. The SMILES string of the molecule is CCOCCN1OCC(N)C1=O. The molecule has 1 atom stereocenters.